The Morgan fingerprint density at radius 3 is 2.69 bits per heavy atom. The zero-order chi connectivity index (χ0) is 12.0. The summed E-state index contributed by atoms with van der Waals surface area (Å²) in [5.74, 6) is 0.0895. The van der Waals surface area contributed by atoms with Crippen LogP contribution in [-0.2, 0) is 11.2 Å². The van der Waals surface area contributed by atoms with Gasteiger partial charge in [-0.15, -0.1) is 0 Å². The normalized spacial score (nSPS) is 11.2. The van der Waals surface area contributed by atoms with Crippen LogP contribution >= 0.6 is 0 Å². The van der Waals surface area contributed by atoms with Crippen molar-refractivity contribution in [2.75, 3.05) is 6.54 Å². The number of amides is 1. The maximum Gasteiger partial charge on any atom is 0.225 e. The van der Waals surface area contributed by atoms with Crippen LogP contribution in [0.25, 0.3) is 0 Å². The first-order valence-corrected chi connectivity index (χ1v) is 5.53. The molecule has 0 spiro atoms. The molecule has 1 N–H and O–H groups in total. The van der Waals surface area contributed by atoms with E-state index in [9.17, 15) is 4.79 Å². The van der Waals surface area contributed by atoms with Gasteiger partial charge in [-0.25, -0.2) is 0 Å². The fraction of sp³-hybridized carbons (Fsp3) is 0.583. The number of rotatable bonds is 4. The lowest BCUT2D eigenvalue weighted by atomic mass is 9.96. The fourth-order valence-electron chi connectivity index (χ4n) is 1.20. The molecule has 1 aromatic heterocycles. The van der Waals surface area contributed by atoms with Gasteiger partial charge in [-0.2, -0.15) is 0 Å². The molecule has 1 amide bonds. The van der Waals surface area contributed by atoms with Gasteiger partial charge in [-0.1, -0.05) is 20.8 Å². The van der Waals surface area contributed by atoms with Gasteiger partial charge in [0.2, 0.25) is 5.91 Å². The Labute approximate surface area is 96.5 Å². The van der Waals surface area contributed by atoms with Crippen molar-refractivity contribution in [3.05, 3.63) is 24.3 Å². The van der Waals surface area contributed by atoms with Crippen molar-refractivity contribution in [3.8, 4) is 0 Å². The molecular formula is C12H19N3O. The van der Waals surface area contributed by atoms with Gasteiger partial charge < -0.3 is 5.32 Å². The van der Waals surface area contributed by atoms with E-state index in [1.165, 1.54) is 0 Å². The van der Waals surface area contributed by atoms with Crippen LogP contribution in [0.2, 0.25) is 0 Å². The zero-order valence-corrected chi connectivity index (χ0v) is 10.2. The maximum atomic E-state index is 11.5. The van der Waals surface area contributed by atoms with Gasteiger partial charge in [0, 0.05) is 30.6 Å². The average Bonchev–Trinajstić information content (AvgIpc) is 2.24. The van der Waals surface area contributed by atoms with E-state index in [1.54, 1.807) is 18.6 Å². The highest BCUT2D eigenvalue weighted by Gasteiger charge is 2.19. The summed E-state index contributed by atoms with van der Waals surface area (Å²) in [7, 11) is 0. The summed E-state index contributed by atoms with van der Waals surface area (Å²) in [5, 5.41) is 2.91. The lowest BCUT2D eigenvalue weighted by molar-refractivity contribution is -0.128. The molecule has 0 radical (unpaired) electrons. The number of nitrogens with one attached hydrogen (secondary N) is 1. The van der Waals surface area contributed by atoms with E-state index in [1.807, 2.05) is 20.8 Å². The predicted molar refractivity (Wildman–Crippen MR) is 62.8 cm³/mol. The lowest BCUT2D eigenvalue weighted by Crippen LogP contribution is -2.35. The van der Waals surface area contributed by atoms with E-state index in [0.717, 1.165) is 18.5 Å². The van der Waals surface area contributed by atoms with E-state index in [0.29, 0.717) is 6.54 Å². The number of hydrogen-bond acceptors (Lipinski definition) is 3. The molecule has 4 heteroatoms. The van der Waals surface area contributed by atoms with Crippen molar-refractivity contribution in [2.45, 2.75) is 33.6 Å². The first-order valence-electron chi connectivity index (χ1n) is 5.53. The fourth-order valence-corrected chi connectivity index (χ4v) is 1.20. The van der Waals surface area contributed by atoms with Gasteiger partial charge >= 0.3 is 0 Å². The first kappa shape index (κ1) is 12.6. The van der Waals surface area contributed by atoms with Crippen molar-refractivity contribution < 1.29 is 4.79 Å². The second kappa shape index (κ2) is 5.58. The molecule has 0 unspecified atom stereocenters. The van der Waals surface area contributed by atoms with Gasteiger partial charge in [0.1, 0.15) is 0 Å². The molecule has 0 aliphatic rings. The van der Waals surface area contributed by atoms with E-state index in [4.69, 9.17) is 0 Å². The number of carbonyl (C=O) groups is 1. The molecule has 4 nitrogen and oxygen atoms in total. The molecule has 0 fully saturated rings. The summed E-state index contributed by atoms with van der Waals surface area (Å²) in [6.07, 6.45) is 6.83. The van der Waals surface area contributed by atoms with E-state index in [-0.39, 0.29) is 11.3 Å². The van der Waals surface area contributed by atoms with Crippen LogP contribution in [-0.4, -0.2) is 22.4 Å². The Balaban J connectivity index is 2.20. The van der Waals surface area contributed by atoms with E-state index < -0.39 is 0 Å². The molecule has 0 saturated heterocycles. The molecular weight excluding hydrogens is 202 g/mol. The molecule has 0 aliphatic carbocycles. The molecule has 0 aliphatic heterocycles. The molecule has 0 bridgehead atoms. The van der Waals surface area contributed by atoms with E-state index >= 15 is 0 Å². The van der Waals surface area contributed by atoms with Crippen molar-refractivity contribution in [3.63, 3.8) is 0 Å². The summed E-state index contributed by atoms with van der Waals surface area (Å²) in [4.78, 5) is 19.7. The number of aromatic nitrogens is 2. The Kier molecular flexibility index (Phi) is 4.40. The van der Waals surface area contributed by atoms with Gasteiger partial charge in [-0.3, -0.25) is 14.8 Å². The number of aryl methyl sites for hydroxylation is 1. The third kappa shape index (κ3) is 4.38. The number of nitrogens with zero attached hydrogens (tertiary/aromatic N) is 2. The van der Waals surface area contributed by atoms with Gasteiger partial charge in [0.25, 0.3) is 0 Å². The monoisotopic (exact) mass is 221 g/mol. The Morgan fingerprint density at radius 1 is 1.38 bits per heavy atom. The first-order chi connectivity index (χ1) is 7.50. The van der Waals surface area contributed by atoms with Gasteiger partial charge in [0.15, 0.2) is 0 Å². The molecule has 1 rings (SSSR count). The lowest BCUT2D eigenvalue weighted by Gasteiger charge is -2.17. The second-order valence-corrected chi connectivity index (χ2v) is 4.81. The Morgan fingerprint density at radius 2 is 2.12 bits per heavy atom. The number of carbonyl (C=O) groups excluding carboxylic acids is 1. The predicted octanol–water partition coefficient (Wildman–Crippen LogP) is 1.57. The third-order valence-corrected chi connectivity index (χ3v) is 2.19. The van der Waals surface area contributed by atoms with Crippen molar-refractivity contribution in [1.29, 1.82) is 0 Å². The SMILES string of the molecule is CC(C)(C)C(=O)NCCCc1cnccn1. The van der Waals surface area contributed by atoms with Gasteiger partial charge in [0.05, 0.1) is 5.69 Å². The molecule has 0 saturated carbocycles. The van der Waals surface area contributed by atoms with Crippen LogP contribution in [0.4, 0.5) is 0 Å². The highest BCUT2D eigenvalue weighted by molar-refractivity contribution is 5.81. The minimum absolute atomic E-state index is 0.0895. The second-order valence-electron chi connectivity index (χ2n) is 4.81. The molecule has 16 heavy (non-hydrogen) atoms. The summed E-state index contributed by atoms with van der Waals surface area (Å²) in [5.41, 5.74) is 0.652. The van der Waals surface area contributed by atoms with Crippen LogP contribution in [0, 0.1) is 5.41 Å². The molecule has 88 valence electrons. The average molecular weight is 221 g/mol. The zero-order valence-electron chi connectivity index (χ0n) is 10.2. The van der Waals surface area contributed by atoms with Crippen LogP contribution in [0.1, 0.15) is 32.9 Å². The molecule has 1 aromatic rings. The van der Waals surface area contributed by atoms with E-state index in [2.05, 4.69) is 15.3 Å². The van der Waals surface area contributed by atoms with Crippen LogP contribution in [0.15, 0.2) is 18.6 Å². The summed E-state index contributed by atoms with van der Waals surface area (Å²) < 4.78 is 0. The molecule has 0 atom stereocenters. The minimum Gasteiger partial charge on any atom is -0.356 e. The quantitative estimate of drug-likeness (QED) is 0.785. The molecule has 0 aromatic carbocycles. The van der Waals surface area contributed by atoms with Gasteiger partial charge in [-0.05, 0) is 12.8 Å². The maximum absolute atomic E-state index is 11.5. The van der Waals surface area contributed by atoms with Crippen molar-refractivity contribution >= 4 is 5.91 Å². The highest BCUT2D eigenvalue weighted by Crippen LogP contribution is 2.12. The number of hydrogen-bond donors (Lipinski definition) is 1. The van der Waals surface area contributed by atoms with Crippen LogP contribution in [0.5, 0.6) is 0 Å². The molecule has 1 heterocycles. The smallest absolute Gasteiger partial charge is 0.225 e. The topological polar surface area (TPSA) is 54.9 Å². The summed E-state index contributed by atoms with van der Waals surface area (Å²) in [6, 6.07) is 0. The summed E-state index contributed by atoms with van der Waals surface area (Å²) >= 11 is 0. The minimum atomic E-state index is -0.313. The van der Waals surface area contributed by atoms with Crippen molar-refractivity contribution in [1.82, 2.24) is 15.3 Å². The highest BCUT2D eigenvalue weighted by atomic mass is 16.2. The standard InChI is InChI=1S/C12H19N3O/c1-12(2,3)11(16)15-6-4-5-10-9-13-7-8-14-10/h7-9H,4-6H2,1-3H3,(H,15,16). The van der Waals surface area contributed by atoms with Crippen LogP contribution < -0.4 is 5.32 Å². The van der Waals surface area contributed by atoms with Crippen molar-refractivity contribution in [2.24, 2.45) is 5.41 Å². The largest absolute Gasteiger partial charge is 0.356 e. The Hall–Kier alpha value is -1.45. The third-order valence-electron chi connectivity index (χ3n) is 2.19. The summed E-state index contributed by atoms with van der Waals surface area (Å²) in [6.45, 7) is 6.41. The van der Waals surface area contributed by atoms with Crippen LogP contribution in [0.3, 0.4) is 0 Å². The Bertz CT molecular complexity index is 330.